The van der Waals surface area contributed by atoms with Crippen molar-refractivity contribution in [3.63, 3.8) is 0 Å². The Balaban J connectivity index is 2.78. The molecule has 0 fully saturated rings. The maximum absolute atomic E-state index is 11.8. The zero-order valence-electron chi connectivity index (χ0n) is 9.90. The number of benzene rings is 1. The van der Waals surface area contributed by atoms with Gasteiger partial charge in [0.15, 0.2) is 5.78 Å². The van der Waals surface area contributed by atoms with Crippen LogP contribution >= 0.6 is 0 Å². The van der Waals surface area contributed by atoms with Crippen LogP contribution < -0.4 is 5.32 Å². The maximum Gasteiger partial charge on any atom is 0.307 e. The summed E-state index contributed by atoms with van der Waals surface area (Å²) in [6, 6.07) is 6.17. The molecule has 0 unspecified atom stereocenters. The predicted octanol–water partition coefficient (Wildman–Crippen LogP) is 1.86. The van der Waals surface area contributed by atoms with E-state index in [0.29, 0.717) is 11.3 Å². The SMILES string of the molecule is C=C(CC(=O)O)C(=O)c1ccc(NC(C)=O)cc1. The van der Waals surface area contributed by atoms with Gasteiger partial charge >= 0.3 is 5.97 Å². The van der Waals surface area contributed by atoms with E-state index in [2.05, 4.69) is 11.9 Å². The second kappa shape index (κ2) is 5.77. The molecular formula is C13H13NO4. The normalized spacial score (nSPS) is 9.61. The molecule has 0 bridgehead atoms. The Morgan fingerprint density at radius 1 is 1.22 bits per heavy atom. The highest BCUT2D eigenvalue weighted by atomic mass is 16.4. The summed E-state index contributed by atoms with van der Waals surface area (Å²) < 4.78 is 0. The minimum atomic E-state index is -1.09. The van der Waals surface area contributed by atoms with E-state index >= 15 is 0 Å². The van der Waals surface area contributed by atoms with Crippen molar-refractivity contribution in [3.8, 4) is 0 Å². The third-order valence-corrected chi connectivity index (χ3v) is 2.15. The number of ketones is 1. The maximum atomic E-state index is 11.8. The van der Waals surface area contributed by atoms with Gasteiger partial charge in [-0.25, -0.2) is 0 Å². The summed E-state index contributed by atoms with van der Waals surface area (Å²) in [5.74, 6) is -1.71. The van der Waals surface area contributed by atoms with Gasteiger partial charge in [0.05, 0.1) is 6.42 Å². The van der Waals surface area contributed by atoms with Gasteiger partial charge in [0.25, 0.3) is 0 Å². The Kier molecular flexibility index (Phi) is 4.37. The van der Waals surface area contributed by atoms with Gasteiger partial charge in [-0.1, -0.05) is 6.58 Å². The Bertz CT molecular complexity index is 502. The molecule has 0 radical (unpaired) electrons. The lowest BCUT2D eigenvalue weighted by molar-refractivity contribution is -0.136. The Hall–Kier alpha value is -2.43. The van der Waals surface area contributed by atoms with Crippen LogP contribution in [0.15, 0.2) is 36.4 Å². The lowest BCUT2D eigenvalue weighted by Crippen LogP contribution is -2.08. The first-order valence-corrected chi connectivity index (χ1v) is 5.22. The monoisotopic (exact) mass is 247 g/mol. The molecule has 0 saturated heterocycles. The van der Waals surface area contributed by atoms with Crippen LogP contribution in [0, 0.1) is 0 Å². The molecule has 0 spiro atoms. The van der Waals surface area contributed by atoms with Crippen LogP contribution in [0.5, 0.6) is 0 Å². The largest absolute Gasteiger partial charge is 0.481 e. The average molecular weight is 247 g/mol. The van der Waals surface area contributed by atoms with Crippen LogP contribution in [0.4, 0.5) is 5.69 Å². The number of rotatable bonds is 5. The molecule has 0 aliphatic heterocycles. The smallest absolute Gasteiger partial charge is 0.307 e. The lowest BCUT2D eigenvalue weighted by Gasteiger charge is -2.05. The van der Waals surface area contributed by atoms with E-state index in [9.17, 15) is 14.4 Å². The number of nitrogens with one attached hydrogen (secondary N) is 1. The highest BCUT2D eigenvalue weighted by Crippen LogP contribution is 2.14. The standard InChI is InChI=1S/C13H13NO4/c1-8(7-12(16)17)13(18)10-3-5-11(6-4-10)14-9(2)15/h3-6H,1,7H2,2H3,(H,14,15)(H,16,17). The van der Waals surface area contributed by atoms with E-state index in [0.717, 1.165) is 0 Å². The van der Waals surface area contributed by atoms with Crippen LogP contribution in [0.25, 0.3) is 0 Å². The van der Waals surface area contributed by atoms with Gasteiger partial charge in [-0.2, -0.15) is 0 Å². The number of hydrogen-bond donors (Lipinski definition) is 2. The quantitative estimate of drug-likeness (QED) is 0.614. The number of aliphatic carboxylic acids is 1. The van der Waals surface area contributed by atoms with Crippen LogP contribution in [-0.4, -0.2) is 22.8 Å². The minimum Gasteiger partial charge on any atom is -0.481 e. The Morgan fingerprint density at radius 2 is 1.78 bits per heavy atom. The van der Waals surface area contributed by atoms with Crippen LogP contribution in [-0.2, 0) is 9.59 Å². The summed E-state index contributed by atoms with van der Waals surface area (Å²) in [5.41, 5.74) is 0.938. The molecule has 5 heteroatoms. The second-order valence-corrected chi connectivity index (χ2v) is 3.76. The third kappa shape index (κ3) is 3.86. The minimum absolute atomic E-state index is 0.0229. The van der Waals surface area contributed by atoms with Crippen LogP contribution in [0.2, 0.25) is 0 Å². The van der Waals surface area contributed by atoms with Gasteiger partial charge in [-0.15, -0.1) is 0 Å². The van der Waals surface area contributed by atoms with Gasteiger partial charge in [0.2, 0.25) is 5.91 Å². The number of anilines is 1. The molecule has 1 amide bonds. The summed E-state index contributed by atoms with van der Waals surface area (Å²) in [6.45, 7) is 4.82. The highest BCUT2D eigenvalue weighted by molar-refractivity contribution is 6.10. The zero-order chi connectivity index (χ0) is 13.7. The Labute approximate surface area is 104 Å². The lowest BCUT2D eigenvalue weighted by atomic mass is 10.0. The molecule has 0 aliphatic rings. The predicted molar refractivity (Wildman–Crippen MR) is 66.5 cm³/mol. The fourth-order valence-electron chi connectivity index (χ4n) is 1.38. The molecule has 2 N–H and O–H groups in total. The van der Waals surface area contributed by atoms with Crippen molar-refractivity contribution in [1.29, 1.82) is 0 Å². The number of Topliss-reactive ketones (excluding diaryl/α,β-unsaturated/α-hetero) is 1. The molecule has 0 heterocycles. The van der Waals surface area contributed by atoms with E-state index in [1.807, 2.05) is 0 Å². The molecule has 1 aromatic carbocycles. The fourth-order valence-corrected chi connectivity index (χ4v) is 1.38. The van der Waals surface area contributed by atoms with Crippen molar-refractivity contribution in [2.24, 2.45) is 0 Å². The van der Waals surface area contributed by atoms with Crippen molar-refractivity contribution < 1.29 is 19.5 Å². The first-order chi connectivity index (χ1) is 8.40. The van der Waals surface area contributed by atoms with Crippen molar-refractivity contribution in [1.82, 2.24) is 0 Å². The Morgan fingerprint density at radius 3 is 2.22 bits per heavy atom. The molecule has 0 atom stereocenters. The molecule has 0 saturated carbocycles. The number of carbonyl (C=O) groups excluding carboxylic acids is 2. The first kappa shape index (κ1) is 13.6. The third-order valence-electron chi connectivity index (χ3n) is 2.15. The summed E-state index contributed by atoms with van der Waals surface area (Å²) in [6.07, 6.45) is -0.383. The number of hydrogen-bond acceptors (Lipinski definition) is 3. The van der Waals surface area contributed by atoms with Crippen molar-refractivity contribution in [2.45, 2.75) is 13.3 Å². The number of carbonyl (C=O) groups is 3. The summed E-state index contributed by atoms with van der Waals surface area (Å²) >= 11 is 0. The molecule has 5 nitrogen and oxygen atoms in total. The van der Waals surface area contributed by atoms with Crippen molar-refractivity contribution in [2.75, 3.05) is 5.32 Å². The van der Waals surface area contributed by atoms with E-state index in [-0.39, 0.29) is 17.9 Å². The van der Waals surface area contributed by atoms with Crippen molar-refractivity contribution in [3.05, 3.63) is 42.0 Å². The number of amides is 1. The van der Waals surface area contributed by atoms with Gasteiger partial charge in [0.1, 0.15) is 0 Å². The molecule has 1 aromatic rings. The summed E-state index contributed by atoms with van der Waals surface area (Å²) in [7, 11) is 0. The van der Waals surface area contributed by atoms with Crippen LogP contribution in [0.3, 0.4) is 0 Å². The molecule has 0 aromatic heterocycles. The topological polar surface area (TPSA) is 83.5 Å². The summed E-state index contributed by atoms with van der Waals surface area (Å²) in [4.78, 5) is 33.0. The van der Waals surface area contributed by atoms with Crippen molar-refractivity contribution >= 4 is 23.3 Å². The van der Waals surface area contributed by atoms with E-state index in [1.165, 1.54) is 19.1 Å². The summed E-state index contributed by atoms with van der Waals surface area (Å²) in [5, 5.41) is 11.1. The molecule has 0 aliphatic carbocycles. The fraction of sp³-hybridized carbons (Fsp3) is 0.154. The van der Waals surface area contributed by atoms with Gasteiger partial charge in [-0.05, 0) is 24.3 Å². The molecule has 1 rings (SSSR count). The highest BCUT2D eigenvalue weighted by Gasteiger charge is 2.13. The number of carboxylic acid groups (broad SMARTS) is 1. The molecule has 94 valence electrons. The van der Waals surface area contributed by atoms with Crippen LogP contribution in [0.1, 0.15) is 23.7 Å². The van der Waals surface area contributed by atoms with Gasteiger partial charge in [-0.3, -0.25) is 14.4 Å². The van der Waals surface area contributed by atoms with E-state index in [1.54, 1.807) is 12.1 Å². The van der Waals surface area contributed by atoms with E-state index in [4.69, 9.17) is 5.11 Å². The number of carboxylic acids is 1. The average Bonchev–Trinajstić information content (AvgIpc) is 2.27. The first-order valence-electron chi connectivity index (χ1n) is 5.22. The van der Waals surface area contributed by atoms with Gasteiger partial charge < -0.3 is 10.4 Å². The van der Waals surface area contributed by atoms with Gasteiger partial charge in [0, 0.05) is 23.7 Å². The molecule has 18 heavy (non-hydrogen) atoms. The van der Waals surface area contributed by atoms with E-state index < -0.39 is 11.8 Å². The zero-order valence-corrected chi connectivity index (χ0v) is 9.90. The molecular weight excluding hydrogens is 234 g/mol. The second-order valence-electron chi connectivity index (χ2n) is 3.76.